The molecule has 0 unspecified atom stereocenters. The maximum atomic E-state index is 15.5. The van der Waals surface area contributed by atoms with Gasteiger partial charge in [0.05, 0.1) is 16.8 Å². The Bertz CT molecular complexity index is 1320. The summed E-state index contributed by atoms with van der Waals surface area (Å²) in [7, 11) is 0. The molecule has 4 aromatic rings. The summed E-state index contributed by atoms with van der Waals surface area (Å²) >= 11 is 0. The molecule has 1 N–H and O–H groups in total. The summed E-state index contributed by atoms with van der Waals surface area (Å²) in [6, 6.07) is 16.8. The van der Waals surface area contributed by atoms with Gasteiger partial charge in [0.2, 0.25) is 0 Å². The number of benzene rings is 3. The van der Waals surface area contributed by atoms with Gasteiger partial charge in [-0.3, -0.25) is 0 Å². The van der Waals surface area contributed by atoms with Crippen LogP contribution in [0, 0.1) is 11.6 Å². The number of hydrogen-bond acceptors (Lipinski definition) is 2. The Kier molecular flexibility index (Phi) is 4.31. The van der Waals surface area contributed by atoms with Crippen molar-refractivity contribution in [1.29, 1.82) is 0 Å². The third-order valence-corrected chi connectivity index (χ3v) is 5.70. The van der Waals surface area contributed by atoms with E-state index in [0.29, 0.717) is 52.7 Å². The van der Waals surface area contributed by atoms with Gasteiger partial charge in [-0.2, -0.15) is 0 Å². The van der Waals surface area contributed by atoms with Gasteiger partial charge in [0, 0.05) is 16.5 Å². The van der Waals surface area contributed by atoms with Crippen molar-refractivity contribution in [2.75, 3.05) is 0 Å². The van der Waals surface area contributed by atoms with Crippen molar-refractivity contribution < 1.29 is 18.7 Å². The van der Waals surface area contributed by atoms with E-state index in [1.165, 1.54) is 18.2 Å². The molecule has 3 aromatic carbocycles. The first-order chi connectivity index (χ1) is 14.5. The van der Waals surface area contributed by atoms with Gasteiger partial charge in [-0.05, 0) is 54.2 Å². The number of hydrogen-bond donors (Lipinski definition) is 1. The van der Waals surface area contributed by atoms with Crippen molar-refractivity contribution in [1.82, 2.24) is 4.98 Å². The maximum Gasteiger partial charge on any atom is 0.336 e. The number of halogens is 2. The van der Waals surface area contributed by atoms with Gasteiger partial charge in [0.15, 0.2) is 0 Å². The second kappa shape index (κ2) is 7.02. The Morgan fingerprint density at radius 2 is 1.63 bits per heavy atom. The molecule has 1 aliphatic carbocycles. The summed E-state index contributed by atoms with van der Waals surface area (Å²) in [5.41, 5.74) is 3.88. The van der Waals surface area contributed by atoms with E-state index in [4.69, 9.17) is 0 Å². The van der Waals surface area contributed by atoms with Crippen molar-refractivity contribution in [2.24, 2.45) is 0 Å². The smallest absolute Gasteiger partial charge is 0.336 e. The Balaban J connectivity index is 1.81. The number of rotatable bonds is 2. The lowest BCUT2D eigenvalue weighted by atomic mass is 9.93. The van der Waals surface area contributed by atoms with Crippen LogP contribution >= 0.6 is 0 Å². The number of aromatic nitrogens is 1. The molecule has 0 saturated heterocycles. The highest BCUT2D eigenvalue weighted by molar-refractivity contribution is 6.06. The predicted octanol–water partition coefficient (Wildman–Crippen LogP) is 6.03. The molecule has 0 amide bonds. The summed E-state index contributed by atoms with van der Waals surface area (Å²) in [4.78, 5) is 16.8. The van der Waals surface area contributed by atoms with Gasteiger partial charge in [0.1, 0.15) is 11.6 Å². The number of pyridine rings is 1. The lowest BCUT2D eigenvalue weighted by molar-refractivity contribution is 0.0698. The summed E-state index contributed by atoms with van der Waals surface area (Å²) in [5, 5.41) is 10.2. The van der Waals surface area contributed by atoms with Crippen LogP contribution in [0.2, 0.25) is 0 Å². The molecule has 30 heavy (non-hydrogen) atoms. The van der Waals surface area contributed by atoms with Crippen LogP contribution in [0.25, 0.3) is 33.3 Å². The third kappa shape index (κ3) is 2.86. The fourth-order valence-electron chi connectivity index (χ4n) is 4.36. The number of carboxylic acids is 1. The van der Waals surface area contributed by atoms with Crippen molar-refractivity contribution in [3.63, 3.8) is 0 Å². The summed E-state index contributed by atoms with van der Waals surface area (Å²) in [5.74, 6) is -1.95. The van der Waals surface area contributed by atoms with Crippen LogP contribution in [0.4, 0.5) is 8.78 Å². The minimum atomic E-state index is -1.13. The molecule has 1 aliphatic rings. The van der Waals surface area contributed by atoms with E-state index in [9.17, 15) is 14.3 Å². The lowest BCUT2D eigenvalue weighted by Gasteiger charge is -2.15. The van der Waals surface area contributed by atoms with Gasteiger partial charge < -0.3 is 5.11 Å². The molecule has 0 spiro atoms. The van der Waals surface area contributed by atoms with Crippen molar-refractivity contribution in [3.05, 3.63) is 89.0 Å². The van der Waals surface area contributed by atoms with Crippen molar-refractivity contribution in [2.45, 2.75) is 19.3 Å². The molecule has 5 rings (SSSR count). The molecule has 0 atom stereocenters. The fourth-order valence-corrected chi connectivity index (χ4v) is 4.36. The Morgan fingerprint density at radius 3 is 2.40 bits per heavy atom. The zero-order chi connectivity index (χ0) is 20.8. The summed E-state index contributed by atoms with van der Waals surface area (Å²) in [6.45, 7) is 0. The Morgan fingerprint density at radius 1 is 0.900 bits per heavy atom. The normalized spacial score (nSPS) is 12.9. The highest BCUT2D eigenvalue weighted by Crippen LogP contribution is 2.39. The van der Waals surface area contributed by atoms with Gasteiger partial charge in [-0.25, -0.2) is 18.6 Å². The van der Waals surface area contributed by atoms with E-state index >= 15 is 4.39 Å². The molecule has 0 saturated carbocycles. The zero-order valence-corrected chi connectivity index (χ0v) is 16.0. The molecule has 0 radical (unpaired) electrons. The van der Waals surface area contributed by atoms with E-state index < -0.39 is 11.8 Å². The minimum absolute atomic E-state index is 0.0508. The first-order valence-corrected chi connectivity index (χ1v) is 9.77. The standard InChI is InChI=1S/C25H17F2NO2/c26-15-9-12-21-20(13-15)22(25(29)30)19-8-4-7-17-18(24(19)28-21)11-10-16(23(17)27)14-5-2-1-3-6-14/h1-3,5-6,9-13H,4,7-8H2,(H,29,30). The summed E-state index contributed by atoms with van der Waals surface area (Å²) in [6.07, 6.45) is 1.49. The predicted molar refractivity (Wildman–Crippen MR) is 112 cm³/mol. The lowest BCUT2D eigenvalue weighted by Crippen LogP contribution is -2.07. The second-order valence-electron chi connectivity index (χ2n) is 7.45. The largest absolute Gasteiger partial charge is 0.478 e. The number of nitrogens with zero attached hydrogens (tertiary/aromatic N) is 1. The number of carbonyl (C=O) groups is 1. The monoisotopic (exact) mass is 401 g/mol. The van der Waals surface area contributed by atoms with Crippen LogP contribution in [0.3, 0.4) is 0 Å². The van der Waals surface area contributed by atoms with E-state index in [1.807, 2.05) is 36.4 Å². The van der Waals surface area contributed by atoms with Crippen LogP contribution in [-0.4, -0.2) is 16.1 Å². The molecule has 3 nitrogen and oxygen atoms in total. The molecule has 1 heterocycles. The molecule has 1 aromatic heterocycles. The van der Waals surface area contributed by atoms with Crippen LogP contribution in [0.1, 0.15) is 27.9 Å². The molecule has 0 aliphatic heterocycles. The van der Waals surface area contributed by atoms with E-state index in [0.717, 1.165) is 5.56 Å². The topological polar surface area (TPSA) is 50.2 Å². The van der Waals surface area contributed by atoms with E-state index in [1.54, 1.807) is 6.07 Å². The highest BCUT2D eigenvalue weighted by Gasteiger charge is 2.27. The van der Waals surface area contributed by atoms with Gasteiger partial charge in [-0.1, -0.05) is 42.5 Å². The first kappa shape index (κ1) is 18.4. The van der Waals surface area contributed by atoms with Gasteiger partial charge >= 0.3 is 5.97 Å². The molecular weight excluding hydrogens is 384 g/mol. The van der Waals surface area contributed by atoms with Crippen molar-refractivity contribution >= 4 is 16.9 Å². The van der Waals surface area contributed by atoms with E-state index in [-0.39, 0.29) is 16.8 Å². The maximum absolute atomic E-state index is 15.5. The van der Waals surface area contributed by atoms with Crippen LogP contribution in [0.15, 0.2) is 60.7 Å². The second-order valence-corrected chi connectivity index (χ2v) is 7.45. The molecule has 148 valence electrons. The SMILES string of the molecule is O=C(O)c1c2c(nc3ccc(F)cc13)-c1ccc(-c3ccccc3)c(F)c1CCC2. The third-order valence-electron chi connectivity index (χ3n) is 5.70. The molecule has 0 bridgehead atoms. The minimum Gasteiger partial charge on any atom is -0.478 e. The Hall–Kier alpha value is -3.60. The zero-order valence-electron chi connectivity index (χ0n) is 16.0. The molecule has 0 fully saturated rings. The first-order valence-electron chi connectivity index (χ1n) is 9.77. The Labute approximate surface area is 171 Å². The number of carboxylic acid groups (broad SMARTS) is 1. The van der Waals surface area contributed by atoms with Gasteiger partial charge in [0.25, 0.3) is 0 Å². The summed E-state index contributed by atoms with van der Waals surface area (Å²) < 4.78 is 29.4. The average molecular weight is 401 g/mol. The van der Waals surface area contributed by atoms with Crippen LogP contribution < -0.4 is 0 Å². The molecular formula is C25H17F2NO2. The number of aromatic carboxylic acids is 1. The molecule has 5 heteroatoms. The van der Waals surface area contributed by atoms with Crippen LogP contribution in [-0.2, 0) is 12.8 Å². The van der Waals surface area contributed by atoms with Crippen molar-refractivity contribution in [3.8, 4) is 22.4 Å². The van der Waals surface area contributed by atoms with E-state index in [2.05, 4.69) is 4.98 Å². The van der Waals surface area contributed by atoms with Crippen LogP contribution in [0.5, 0.6) is 0 Å². The van der Waals surface area contributed by atoms with Gasteiger partial charge in [-0.15, -0.1) is 0 Å². The highest BCUT2D eigenvalue weighted by atomic mass is 19.1. The average Bonchev–Trinajstić information content (AvgIpc) is 2.92. The number of fused-ring (bicyclic) bond motifs is 4. The fraction of sp³-hybridized carbons (Fsp3) is 0.120. The quantitative estimate of drug-likeness (QED) is 0.446.